The van der Waals surface area contributed by atoms with E-state index < -0.39 is 64.1 Å². The quantitative estimate of drug-likeness (QED) is 0.227. The number of rotatable bonds is 7. The molecule has 6 N–H and O–H groups in total. The molecule has 0 aromatic heterocycles. The second kappa shape index (κ2) is 11.6. The summed E-state index contributed by atoms with van der Waals surface area (Å²) in [5.74, 6) is -6.17. The number of allylic oxidation sites excluding steroid dienone is 2. The molecule has 1 aliphatic heterocycles. The van der Waals surface area contributed by atoms with Crippen LogP contribution < -0.4 is 16.0 Å². The Bertz CT molecular complexity index is 1490. The van der Waals surface area contributed by atoms with Crippen LogP contribution in [0.3, 0.4) is 0 Å². The smallest absolute Gasteiger partial charge is 0.255 e. The van der Waals surface area contributed by atoms with Crippen molar-refractivity contribution >= 4 is 34.8 Å². The molecule has 1 aromatic rings. The summed E-state index contributed by atoms with van der Waals surface area (Å²) in [6, 6.07) is 0.524. The fourth-order valence-electron chi connectivity index (χ4n) is 7.84. The summed E-state index contributed by atoms with van der Waals surface area (Å²) in [6.45, 7) is 5.77. The average Bonchev–Trinajstić information content (AvgIpc) is 3.36. The van der Waals surface area contributed by atoms with Gasteiger partial charge in [0.05, 0.1) is 29.3 Å². The molecule has 44 heavy (non-hydrogen) atoms. The number of carbonyl (C=O) groups is 4. The second-order valence-electron chi connectivity index (χ2n) is 13.4. The van der Waals surface area contributed by atoms with Crippen molar-refractivity contribution in [1.82, 2.24) is 9.80 Å². The second-order valence-corrected chi connectivity index (χ2v) is 13.4. The monoisotopic (exact) mass is 609 g/mol. The largest absolute Gasteiger partial charge is 0.511 e. The van der Waals surface area contributed by atoms with Crippen molar-refractivity contribution in [2.75, 3.05) is 51.5 Å². The van der Waals surface area contributed by atoms with E-state index in [4.69, 9.17) is 5.73 Å². The van der Waals surface area contributed by atoms with Crippen molar-refractivity contribution in [1.29, 1.82) is 0 Å². The van der Waals surface area contributed by atoms with Gasteiger partial charge in [0.25, 0.3) is 5.91 Å². The van der Waals surface area contributed by atoms with E-state index in [0.717, 1.165) is 19.5 Å². The zero-order valence-electron chi connectivity index (χ0n) is 26.2. The van der Waals surface area contributed by atoms with E-state index in [1.54, 1.807) is 39.2 Å². The molecule has 12 nitrogen and oxygen atoms in total. The number of hydrogen-bond acceptors (Lipinski definition) is 10. The third kappa shape index (κ3) is 5.03. The number of fused-ring (bicyclic) bond motifs is 3. The van der Waals surface area contributed by atoms with E-state index >= 15 is 0 Å². The molecule has 1 fully saturated rings. The lowest BCUT2D eigenvalue weighted by Crippen LogP contribution is -2.53. The van der Waals surface area contributed by atoms with Gasteiger partial charge in [0.2, 0.25) is 5.91 Å². The molecule has 1 aromatic carbocycles. The third-order valence-corrected chi connectivity index (χ3v) is 9.55. The number of primary amides is 1. The summed E-state index contributed by atoms with van der Waals surface area (Å²) in [6.07, 6.45) is 2.11. The van der Waals surface area contributed by atoms with Crippen LogP contribution in [0.4, 0.5) is 11.4 Å². The number of likely N-dealkylation sites (N-methyl/N-ethyl adjacent to an activating group) is 1. The Morgan fingerprint density at radius 1 is 1.11 bits per heavy atom. The topological polar surface area (TPSA) is 177 Å². The van der Waals surface area contributed by atoms with Crippen molar-refractivity contribution in [3.05, 3.63) is 39.9 Å². The molecule has 0 bridgehead atoms. The fraction of sp³-hybridized carbons (Fsp3) is 0.562. The maximum absolute atomic E-state index is 14.2. The average molecular weight is 610 g/mol. The number of aliphatic hydroxyl groups excluding tert-OH is 2. The van der Waals surface area contributed by atoms with Gasteiger partial charge in [-0.1, -0.05) is 13.8 Å². The molecular weight excluding hydrogens is 566 g/mol. The number of ketones is 2. The van der Waals surface area contributed by atoms with Gasteiger partial charge >= 0.3 is 0 Å². The van der Waals surface area contributed by atoms with E-state index in [1.807, 2.05) is 4.90 Å². The molecule has 12 heteroatoms. The van der Waals surface area contributed by atoms with Crippen LogP contribution in [0, 0.1) is 23.7 Å². The van der Waals surface area contributed by atoms with Crippen LogP contribution in [0.25, 0.3) is 0 Å². The Labute approximate surface area is 257 Å². The molecular formula is C32H43N5O7. The minimum atomic E-state index is -1.26. The number of nitrogens with two attached hydrogens (primary N) is 1. The first kappa shape index (κ1) is 31.5. The number of nitrogens with zero attached hydrogens (tertiary/aromatic N) is 3. The van der Waals surface area contributed by atoms with Crippen molar-refractivity contribution in [2.45, 2.75) is 51.6 Å². The van der Waals surface area contributed by atoms with Gasteiger partial charge in [0.15, 0.2) is 17.3 Å². The molecule has 2 amide bonds. The first-order chi connectivity index (χ1) is 20.6. The number of likely N-dealkylation sites (tertiary alicyclic amines) is 1. The number of Topliss-reactive ketones (excluding diaryl/α,β-unsaturated/α-hetero) is 2. The van der Waals surface area contributed by atoms with Gasteiger partial charge in [-0.2, -0.15) is 0 Å². The Morgan fingerprint density at radius 2 is 1.80 bits per heavy atom. The van der Waals surface area contributed by atoms with E-state index in [2.05, 4.69) is 24.1 Å². The van der Waals surface area contributed by atoms with Crippen LogP contribution in [0.2, 0.25) is 0 Å². The van der Waals surface area contributed by atoms with Crippen LogP contribution in [0.1, 0.15) is 49.0 Å². The maximum atomic E-state index is 14.2. The molecule has 238 valence electrons. The highest BCUT2D eigenvalue weighted by molar-refractivity contribution is 6.22. The zero-order chi connectivity index (χ0) is 32.4. The number of amides is 2. The summed E-state index contributed by atoms with van der Waals surface area (Å²) in [5, 5.41) is 36.9. The third-order valence-electron chi connectivity index (χ3n) is 9.55. The highest BCUT2D eigenvalue weighted by Crippen LogP contribution is 2.52. The highest BCUT2D eigenvalue weighted by Gasteiger charge is 2.54. The number of anilines is 2. The van der Waals surface area contributed by atoms with Gasteiger partial charge < -0.3 is 31.3 Å². The van der Waals surface area contributed by atoms with E-state index in [-0.39, 0.29) is 41.6 Å². The van der Waals surface area contributed by atoms with Crippen molar-refractivity contribution < 1.29 is 34.5 Å². The summed E-state index contributed by atoms with van der Waals surface area (Å²) in [7, 11) is 6.99. The number of phenols is 1. The minimum Gasteiger partial charge on any atom is -0.511 e. The van der Waals surface area contributed by atoms with Crippen LogP contribution in [-0.4, -0.2) is 102 Å². The number of carbonyl (C=O) groups excluding carboxylic acids is 4. The SMILES string of the molecule is CC(C)CN1CCC[C@H]1C(=O)Nc1cc(N(C)C)c2c(c1O)C(=O)C1=C(O)C3C(=O)C(C(N)=O)=C(O)[C@@H](N(C)C)[C@@H]3C[C@@H]1C2. The van der Waals surface area contributed by atoms with Gasteiger partial charge in [0.1, 0.15) is 17.1 Å². The normalized spacial score (nSPS) is 27.0. The molecule has 0 spiro atoms. The summed E-state index contributed by atoms with van der Waals surface area (Å²) in [4.78, 5) is 58.9. The number of hydrogen-bond donors (Lipinski definition) is 5. The standard InChI is InChI=1S/C32H43N5O7/c1-14(2)13-37-9-7-8-19(37)32(44)34-18-12-20(35(3)4)16-10-15-11-17-23(28(40)21(15)27(39)22(16)26(18)38)29(41)24(31(33)43)30(42)25(17)36(5)6/h12,14-15,17,19,23,25,38,40,42H,7-11,13H2,1-6H3,(H2,33,43)(H,34,44)/t15-,17+,19-,23?,25-/m0/s1. The number of phenolic OH excluding ortho intramolecular Hbond substituents is 1. The lowest BCUT2D eigenvalue weighted by Gasteiger charge is -2.46. The zero-order valence-corrected chi connectivity index (χ0v) is 26.2. The van der Waals surface area contributed by atoms with Crippen LogP contribution in [-0.2, 0) is 20.8 Å². The Morgan fingerprint density at radius 3 is 2.39 bits per heavy atom. The lowest BCUT2D eigenvalue weighted by atomic mass is 9.61. The first-order valence-electron chi connectivity index (χ1n) is 15.2. The number of nitrogens with one attached hydrogen (secondary N) is 1. The maximum Gasteiger partial charge on any atom is 0.255 e. The molecule has 0 saturated carbocycles. The summed E-state index contributed by atoms with van der Waals surface area (Å²) < 4.78 is 0. The first-order valence-corrected chi connectivity index (χ1v) is 15.2. The highest BCUT2D eigenvalue weighted by atomic mass is 16.3. The predicted molar refractivity (Wildman–Crippen MR) is 165 cm³/mol. The van der Waals surface area contributed by atoms with Crippen molar-refractivity contribution in [3.8, 4) is 5.75 Å². The number of aromatic hydroxyl groups is 1. The van der Waals surface area contributed by atoms with Crippen LogP contribution in [0.5, 0.6) is 5.75 Å². The molecule has 1 heterocycles. The lowest BCUT2D eigenvalue weighted by molar-refractivity contribution is -0.127. The Balaban J connectivity index is 1.58. The van der Waals surface area contributed by atoms with E-state index in [9.17, 15) is 34.5 Å². The molecule has 5 rings (SSSR count). The number of benzene rings is 1. The summed E-state index contributed by atoms with van der Waals surface area (Å²) >= 11 is 0. The predicted octanol–water partition coefficient (Wildman–Crippen LogP) is 2.13. The Hall–Kier alpha value is -3.90. The molecule has 1 unspecified atom stereocenters. The van der Waals surface area contributed by atoms with Crippen LogP contribution in [0.15, 0.2) is 28.7 Å². The molecule has 3 aliphatic carbocycles. The van der Waals surface area contributed by atoms with Gasteiger partial charge in [-0.05, 0) is 75.7 Å². The van der Waals surface area contributed by atoms with Crippen LogP contribution >= 0.6 is 0 Å². The fourth-order valence-corrected chi connectivity index (χ4v) is 7.84. The van der Waals surface area contributed by atoms with Gasteiger partial charge in [-0.15, -0.1) is 0 Å². The molecule has 5 atom stereocenters. The van der Waals surface area contributed by atoms with E-state index in [0.29, 0.717) is 23.6 Å². The van der Waals surface area contributed by atoms with Gasteiger partial charge in [-0.25, -0.2) is 0 Å². The molecule has 1 saturated heterocycles. The van der Waals surface area contributed by atoms with Crippen molar-refractivity contribution in [3.63, 3.8) is 0 Å². The van der Waals surface area contributed by atoms with Crippen molar-refractivity contribution in [2.24, 2.45) is 29.4 Å². The van der Waals surface area contributed by atoms with Gasteiger partial charge in [-0.3, -0.25) is 29.0 Å². The Kier molecular flexibility index (Phi) is 8.27. The molecule has 0 radical (unpaired) electrons. The molecule has 4 aliphatic rings. The number of aliphatic hydroxyl groups is 2. The summed E-state index contributed by atoms with van der Waals surface area (Å²) in [5.41, 5.74) is 6.14. The minimum absolute atomic E-state index is 0.00259. The van der Waals surface area contributed by atoms with Gasteiger partial charge in [0, 0.05) is 31.9 Å². The van der Waals surface area contributed by atoms with E-state index in [1.165, 1.54) is 0 Å².